The molecule has 5 heteroatoms. The van der Waals surface area contributed by atoms with E-state index in [1.165, 1.54) is 16.7 Å². The number of anilines is 1. The molecule has 0 saturated carbocycles. The maximum Gasteiger partial charge on any atom is 0.126 e. The molecule has 0 aliphatic carbocycles. The molecule has 31 heavy (non-hydrogen) atoms. The van der Waals surface area contributed by atoms with Gasteiger partial charge in [0.1, 0.15) is 18.3 Å². The summed E-state index contributed by atoms with van der Waals surface area (Å²) in [7, 11) is 0. The highest BCUT2D eigenvalue weighted by Crippen LogP contribution is 2.17. The highest BCUT2D eigenvalue weighted by atomic mass is 32.2. The predicted molar refractivity (Wildman–Crippen MR) is 136 cm³/mol. The fourth-order valence-electron chi connectivity index (χ4n) is 3.06. The first-order valence-corrected chi connectivity index (χ1v) is 12.2. The Morgan fingerprint density at radius 2 is 1.87 bits per heavy atom. The third kappa shape index (κ3) is 11.0. The number of nitrogens with zero attached hydrogens (tertiary/aromatic N) is 1. The zero-order valence-corrected chi connectivity index (χ0v) is 20.2. The lowest BCUT2D eigenvalue weighted by molar-refractivity contribution is 0.379. The summed E-state index contributed by atoms with van der Waals surface area (Å²) in [6, 6.07) is 6.00. The number of ether oxygens (including phenoxy) is 1. The Kier molecular flexibility index (Phi) is 11.7. The molecule has 1 aromatic rings. The van der Waals surface area contributed by atoms with Crippen LogP contribution in [0.3, 0.4) is 0 Å². The summed E-state index contributed by atoms with van der Waals surface area (Å²) in [4.78, 5) is 4.39. The first kappa shape index (κ1) is 24.9. The molecule has 0 amide bonds. The average molecular weight is 440 g/mol. The van der Waals surface area contributed by atoms with Gasteiger partial charge in [-0.2, -0.15) is 11.8 Å². The SMILES string of the molecule is CC(C)=CCCC(C)=CCCC(C)=CCSCC(Nc1ccccn1)C1=COC=CN1. The van der Waals surface area contributed by atoms with E-state index in [0.717, 1.165) is 48.7 Å². The van der Waals surface area contributed by atoms with Crippen molar-refractivity contribution in [1.82, 2.24) is 10.3 Å². The van der Waals surface area contributed by atoms with Gasteiger partial charge in [-0.3, -0.25) is 0 Å². The second kappa shape index (κ2) is 14.6. The highest BCUT2D eigenvalue weighted by molar-refractivity contribution is 7.99. The van der Waals surface area contributed by atoms with Crippen LogP contribution in [0.5, 0.6) is 0 Å². The van der Waals surface area contributed by atoms with Crippen molar-refractivity contribution < 1.29 is 4.74 Å². The van der Waals surface area contributed by atoms with Gasteiger partial charge < -0.3 is 15.4 Å². The molecule has 0 spiro atoms. The quantitative estimate of drug-likeness (QED) is 0.257. The van der Waals surface area contributed by atoms with Gasteiger partial charge in [0.2, 0.25) is 0 Å². The standard InChI is InChI=1S/C26H37N3OS/c1-21(2)9-7-10-22(3)11-8-12-23(4)14-18-31-20-25(24-19-30-17-16-27-24)29-26-13-5-6-15-28-26/h5-6,9,11,13-17,19,25,27H,7-8,10,12,18,20H2,1-4H3,(H,28,29). The molecule has 1 unspecified atom stereocenters. The Labute approximate surface area is 192 Å². The van der Waals surface area contributed by atoms with Crippen molar-refractivity contribution in [2.24, 2.45) is 0 Å². The second-order valence-electron chi connectivity index (χ2n) is 8.07. The smallest absolute Gasteiger partial charge is 0.126 e. The van der Waals surface area contributed by atoms with Crippen LogP contribution in [0.15, 0.2) is 83.8 Å². The van der Waals surface area contributed by atoms with Crippen LogP contribution in [-0.4, -0.2) is 22.5 Å². The van der Waals surface area contributed by atoms with Gasteiger partial charge in [0.15, 0.2) is 0 Å². The first-order chi connectivity index (χ1) is 15.0. The number of rotatable bonds is 13. The van der Waals surface area contributed by atoms with Crippen LogP contribution in [0.2, 0.25) is 0 Å². The summed E-state index contributed by atoms with van der Waals surface area (Å²) < 4.78 is 5.35. The number of hydrogen-bond donors (Lipinski definition) is 2. The van der Waals surface area contributed by atoms with Crippen LogP contribution in [0.25, 0.3) is 0 Å². The molecule has 4 nitrogen and oxygen atoms in total. The largest absolute Gasteiger partial charge is 0.469 e. The molecule has 0 fully saturated rings. The molecule has 1 aliphatic heterocycles. The fraction of sp³-hybridized carbons (Fsp3) is 0.423. The predicted octanol–water partition coefficient (Wildman–Crippen LogP) is 6.95. The highest BCUT2D eigenvalue weighted by Gasteiger charge is 2.16. The van der Waals surface area contributed by atoms with E-state index in [9.17, 15) is 0 Å². The monoisotopic (exact) mass is 439 g/mol. The molecule has 0 aromatic carbocycles. The topological polar surface area (TPSA) is 46.2 Å². The number of hydrogen-bond acceptors (Lipinski definition) is 5. The zero-order chi connectivity index (χ0) is 22.3. The molecule has 2 heterocycles. The third-order valence-electron chi connectivity index (χ3n) is 4.91. The summed E-state index contributed by atoms with van der Waals surface area (Å²) in [5, 5.41) is 6.77. The second-order valence-corrected chi connectivity index (χ2v) is 9.14. The lowest BCUT2D eigenvalue weighted by Crippen LogP contribution is -2.32. The van der Waals surface area contributed by atoms with Crippen molar-refractivity contribution in [3.8, 4) is 0 Å². The minimum absolute atomic E-state index is 0.102. The van der Waals surface area contributed by atoms with Crippen LogP contribution < -0.4 is 10.6 Å². The van der Waals surface area contributed by atoms with E-state index in [0.29, 0.717) is 0 Å². The van der Waals surface area contributed by atoms with E-state index in [1.807, 2.05) is 36.2 Å². The lowest BCUT2D eigenvalue weighted by atomic mass is 10.1. The van der Waals surface area contributed by atoms with Gasteiger partial charge in [-0.15, -0.1) is 0 Å². The van der Waals surface area contributed by atoms with E-state index >= 15 is 0 Å². The zero-order valence-electron chi connectivity index (χ0n) is 19.4. The Morgan fingerprint density at radius 3 is 2.55 bits per heavy atom. The van der Waals surface area contributed by atoms with E-state index in [-0.39, 0.29) is 6.04 Å². The van der Waals surface area contributed by atoms with Crippen molar-refractivity contribution in [3.05, 3.63) is 83.8 Å². The maximum absolute atomic E-state index is 5.35. The molecule has 0 bridgehead atoms. The summed E-state index contributed by atoms with van der Waals surface area (Å²) in [5.74, 6) is 2.78. The van der Waals surface area contributed by atoms with Gasteiger partial charge in [-0.1, -0.05) is 41.0 Å². The third-order valence-corrected chi connectivity index (χ3v) is 5.88. The summed E-state index contributed by atoms with van der Waals surface area (Å²) in [6.45, 7) is 8.81. The first-order valence-electron chi connectivity index (χ1n) is 11.0. The molecule has 0 radical (unpaired) electrons. The van der Waals surface area contributed by atoms with Gasteiger partial charge in [0.25, 0.3) is 0 Å². The lowest BCUT2D eigenvalue weighted by Gasteiger charge is -2.23. The number of pyridine rings is 1. The summed E-state index contributed by atoms with van der Waals surface area (Å²) >= 11 is 1.91. The maximum atomic E-state index is 5.35. The van der Waals surface area contributed by atoms with E-state index in [4.69, 9.17) is 4.74 Å². The Hall–Kier alpha value is -2.40. The van der Waals surface area contributed by atoms with Gasteiger partial charge >= 0.3 is 0 Å². The normalized spacial score (nSPS) is 14.9. The Bertz CT molecular complexity index is 805. The van der Waals surface area contributed by atoms with E-state index in [2.05, 4.69) is 61.5 Å². The minimum atomic E-state index is 0.102. The van der Waals surface area contributed by atoms with E-state index in [1.54, 1.807) is 18.7 Å². The summed E-state index contributed by atoms with van der Waals surface area (Å²) in [6.07, 6.45) is 18.6. The van der Waals surface area contributed by atoms with Crippen molar-refractivity contribution in [2.75, 3.05) is 16.8 Å². The molecule has 2 N–H and O–H groups in total. The number of thioether (sulfide) groups is 1. The average Bonchev–Trinajstić information content (AvgIpc) is 2.77. The van der Waals surface area contributed by atoms with Crippen LogP contribution >= 0.6 is 11.8 Å². The fourth-order valence-corrected chi connectivity index (χ4v) is 4.10. The molecule has 1 aliphatic rings. The molecule has 1 aromatic heterocycles. The van der Waals surface area contributed by atoms with Crippen molar-refractivity contribution in [1.29, 1.82) is 0 Å². The van der Waals surface area contributed by atoms with Crippen LogP contribution in [-0.2, 0) is 4.74 Å². The van der Waals surface area contributed by atoms with Gasteiger partial charge in [0, 0.05) is 23.9 Å². The Morgan fingerprint density at radius 1 is 1.10 bits per heavy atom. The van der Waals surface area contributed by atoms with Gasteiger partial charge in [0.05, 0.1) is 11.7 Å². The molecular weight excluding hydrogens is 402 g/mol. The van der Waals surface area contributed by atoms with Gasteiger partial charge in [-0.25, -0.2) is 4.98 Å². The molecular formula is C26H37N3OS. The Balaban J connectivity index is 1.75. The number of nitrogens with one attached hydrogen (secondary N) is 2. The molecule has 1 atom stereocenters. The molecule has 0 saturated heterocycles. The summed E-state index contributed by atoms with van der Waals surface area (Å²) in [5.41, 5.74) is 5.36. The molecule has 168 valence electrons. The van der Waals surface area contributed by atoms with Crippen LogP contribution in [0.4, 0.5) is 5.82 Å². The van der Waals surface area contributed by atoms with Crippen molar-refractivity contribution in [3.63, 3.8) is 0 Å². The van der Waals surface area contributed by atoms with E-state index < -0.39 is 0 Å². The molecule has 2 rings (SSSR count). The van der Waals surface area contributed by atoms with Crippen LogP contribution in [0.1, 0.15) is 53.4 Å². The van der Waals surface area contributed by atoms with Crippen LogP contribution in [0, 0.1) is 0 Å². The van der Waals surface area contributed by atoms with Crippen molar-refractivity contribution >= 4 is 17.6 Å². The minimum Gasteiger partial charge on any atom is -0.469 e. The number of aromatic nitrogens is 1. The van der Waals surface area contributed by atoms with Crippen molar-refractivity contribution in [2.45, 2.75) is 59.4 Å². The van der Waals surface area contributed by atoms with Gasteiger partial charge in [-0.05, 0) is 65.5 Å². The number of allylic oxidation sites excluding steroid dienone is 5.